The van der Waals surface area contributed by atoms with Crippen LogP contribution in [0.1, 0.15) is 46.0 Å². The van der Waals surface area contributed by atoms with Crippen LogP contribution in [0.4, 0.5) is 13.2 Å². The molecule has 0 aromatic heterocycles. The first kappa shape index (κ1) is 16.3. The van der Waals surface area contributed by atoms with Crippen LogP contribution in [0.25, 0.3) is 0 Å². The van der Waals surface area contributed by atoms with E-state index < -0.39 is 12.7 Å². The van der Waals surface area contributed by atoms with Crippen molar-refractivity contribution in [2.24, 2.45) is 5.41 Å². The van der Waals surface area contributed by atoms with Crippen LogP contribution in [0.15, 0.2) is 0 Å². The highest BCUT2D eigenvalue weighted by Gasteiger charge is 2.38. The first-order valence-electron chi connectivity index (χ1n) is 6.65. The molecule has 0 aromatic carbocycles. The summed E-state index contributed by atoms with van der Waals surface area (Å²) in [6.45, 7) is 3.45. The number of halogens is 4. The number of hydrogen-bond donors (Lipinski definition) is 0. The molecule has 1 saturated carbocycles. The molecule has 0 radical (unpaired) electrons. The molecule has 108 valence electrons. The molecule has 5 heteroatoms. The fraction of sp³-hybridized carbons (Fsp3) is 1.00. The van der Waals surface area contributed by atoms with Gasteiger partial charge in [0.05, 0.1) is 6.54 Å². The quantitative estimate of drug-likeness (QED) is 0.666. The Morgan fingerprint density at radius 2 is 1.72 bits per heavy atom. The summed E-state index contributed by atoms with van der Waals surface area (Å²) in [7, 11) is 0. The summed E-state index contributed by atoms with van der Waals surface area (Å²) in [5.74, 6) is 0. The third kappa shape index (κ3) is 5.08. The minimum Gasteiger partial charge on any atom is -0.292 e. The molecule has 0 saturated heterocycles. The van der Waals surface area contributed by atoms with Crippen LogP contribution in [-0.2, 0) is 0 Å². The average molecular weight is 330 g/mol. The minimum absolute atomic E-state index is 0.0355. The van der Waals surface area contributed by atoms with E-state index in [9.17, 15) is 13.2 Å². The molecular weight excluding hydrogens is 307 g/mol. The first-order valence-corrected chi connectivity index (χ1v) is 7.77. The number of alkyl halides is 4. The molecule has 0 atom stereocenters. The fourth-order valence-corrected chi connectivity index (χ4v) is 3.46. The van der Waals surface area contributed by atoms with Crippen LogP contribution in [0.3, 0.4) is 0 Å². The second-order valence-electron chi connectivity index (χ2n) is 5.81. The van der Waals surface area contributed by atoms with Crippen molar-refractivity contribution in [3.05, 3.63) is 0 Å². The Balaban J connectivity index is 2.68. The third-order valence-electron chi connectivity index (χ3n) is 3.85. The molecule has 0 amide bonds. The molecule has 1 fully saturated rings. The van der Waals surface area contributed by atoms with E-state index in [4.69, 9.17) is 0 Å². The predicted molar refractivity (Wildman–Crippen MR) is 72.1 cm³/mol. The molecule has 0 unspecified atom stereocenters. The van der Waals surface area contributed by atoms with Crippen molar-refractivity contribution in [3.8, 4) is 0 Å². The van der Waals surface area contributed by atoms with Crippen molar-refractivity contribution < 1.29 is 13.2 Å². The van der Waals surface area contributed by atoms with Crippen LogP contribution >= 0.6 is 15.9 Å². The average Bonchev–Trinajstić information content (AvgIpc) is 2.27. The molecule has 0 aliphatic heterocycles. The molecule has 1 aliphatic rings. The van der Waals surface area contributed by atoms with E-state index >= 15 is 0 Å². The van der Waals surface area contributed by atoms with E-state index in [1.165, 1.54) is 6.42 Å². The standard InChI is InChI=1S/C13H23BrF3N/c1-11(2)18(10-13(15,16)17)9-12(8-14)6-4-3-5-7-12/h11H,3-10H2,1-2H3. The predicted octanol–water partition coefficient (Wildman–Crippen LogP) is 4.60. The topological polar surface area (TPSA) is 3.24 Å². The highest BCUT2D eigenvalue weighted by molar-refractivity contribution is 9.09. The molecule has 0 bridgehead atoms. The molecule has 1 aliphatic carbocycles. The zero-order chi connectivity index (χ0) is 13.8. The fourth-order valence-electron chi connectivity index (χ4n) is 2.72. The maximum Gasteiger partial charge on any atom is 0.401 e. The smallest absolute Gasteiger partial charge is 0.292 e. The van der Waals surface area contributed by atoms with Crippen molar-refractivity contribution in [3.63, 3.8) is 0 Å². The van der Waals surface area contributed by atoms with Crippen molar-refractivity contribution in [2.45, 2.75) is 58.2 Å². The Labute approximate surface area is 116 Å². The molecule has 1 nitrogen and oxygen atoms in total. The van der Waals surface area contributed by atoms with Gasteiger partial charge in [-0.05, 0) is 32.1 Å². The Kier molecular flexibility index (Phi) is 5.97. The van der Waals surface area contributed by atoms with Crippen LogP contribution in [0, 0.1) is 5.41 Å². The Morgan fingerprint density at radius 1 is 1.17 bits per heavy atom. The molecular formula is C13H23BrF3N. The first-order chi connectivity index (χ1) is 8.28. The van der Waals surface area contributed by atoms with Gasteiger partial charge in [0.2, 0.25) is 0 Å². The Morgan fingerprint density at radius 3 is 2.11 bits per heavy atom. The zero-order valence-electron chi connectivity index (χ0n) is 11.2. The maximum atomic E-state index is 12.6. The van der Waals surface area contributed by atoms with Gasteiger partial charge in [0.15, 0.2) is 0 Å². The lowest BCUT2D eigenvalue weighted by Gasteiger charge is -2.41. The highest BCUT2D eigenvalue weighted by Crippen LogP contribution is 2.39. The Bertz CT molecular complexity index is 247. The van der Waals surface area contributed by atoms with Crippen molar-refractivity contribution in [1.29, 1.82) is 0 Å². The second kappa shape index (κ2) is 6.60. The van der Waals surface area contributed by atoms with Gasteiger partial charge in [-0.25, -0.2) is 0 Å². The van der Waals surface area contributed by atoms with E-state index in [1.54, 1.807) is 4.90 Å². The van der Waals surface area contributed by atoms with E-state index in [1.807, 2.05) is 13.8 Å². The normalized spacial score (nSPS) is 20.7. The summed E-state index contributed by atoms with van der Waals surface area (Å²) in [4.78, 5) is 1.58. The van der Waals surface area contributed by atoms with Crippen LogP contribution in [0.2, 0.25) is 0 Å². The van der Waals surface area contributed by atoms with Crippen molar-refractivity contribution in [2.75, 3.05) is 18.4 Å². The molecule has 1 rings (SSSR count). The van der Waals surface area contributed by atoms with E-state index in [-0.39, 0.29) is 11.5 Å². The second-order valence-corrected chi connectivity index (χ2v) is 6.37. The number of nitrogens with zero attached hydrogens (tertiary/aromatic N) is 1. The van der Waals surface area contributed by atoms with E-state index in [2.05, 4.69) is 15.9 Å². The van der Waals surface area contributed by atoms with Crippen LogP contribution < -0.4 is 0 Å². The molecule has 0 spiro atoms. The van der Waals surface area contributed by atoms with Crippen LogP contribution in [-0.4, -0.2) is 35.5 Å². The van der Waals surface area contributed by atoms with Gasteiger partial charge in [0, 0.05) is 17.9 Å². The van der Waals surface area contributed by atoms with Gasteiger partial charge < -0.3 is 0 Å². The van der Waals surface area contributed by atoms with E-state index in [0.29, 0.717) is 6.54 Å². The number of hydrogen-bond acceptors (Lipinski definition) is 1. The minimum atomic E-state index is -4.10. The summed E-state index contributed by atoms with van der Waals surface area (Å²) in [5, 5.41) is 0.807. The summed E-state index contributed by atoms with van der Waals surface area (Å²) in [6, 6.07) is -0.0653. The lowest BCUT2D eigenvalue weighted by atomic mass is 9.75. The lowest BCUT2D eigenvalue weighted by molar-refractivity contribution is -0.153. The molecule has 0 aromatic rings. The Hall–Kier alpha value is 0.230. The third-order valence-corrected chi connectivity index (χ3v) is 5.04. The molecule has 0 heterocycles. The summed E-state index contributed by atoms with van der Waals surface area (Å²) < 4.78 is 37.8. The summed E-state index contributed by atoms with van der Waals surface area (Å²) >= 11 is 3.52. The lowest BCUT2D eigenvalue weighted by Crippen LogP contribution is -2.47. The summed E-state index contributed by atoms with van der Waals surface area (Å²) in [6.07, 6.45) is 1.48. The van der Waals surface area contributed by atoms with Gasteiger partial charge in [-0.1, -0.05) is 35.2 Å². The van der Waals surface area contributed by atoms with Gasteiger partial charge in [0.1, 0.15) is 0 Å². The van der Waals surface area contributed by atoms with Crippen molar-refractivity contribution in [1.82, 2.24) is 4.90 Å². The highest BCUT2D eigenvalue weighted by atomic mass is 79.9. The van der Waals surface area contributed by atoms with Gasteiger partial charge in [-0.15, -0.1) is 0 Å². The SMILES string of the molecule is CC(C)N(CC(F)(F)F)CC1(CBr)CCCCC1. The zero-order valence-corrected chi connectivity index (χ0v) is 12.8. The number of rotatable bonds is 5. The van der Waals surface area contributed by atoms with Gasteiger partial charge in [-0.3, -0.25) is 4.90 Å². The molecule has 0 N–H and O–H groups in total. The van der Waals surface area contributed by atoms with E-state index in [0.717, 1.165) is 31.0 Å². The summed E-state index contributed by atoms with van der Waals surface area (Å²) in [5.41, 5.74) is 0.0355. The van der Waals surface area contributed by atoms with Gasteiger partial charge in [-0.2, -0.15) is 13.2 Å². The molecule has 18 heavy (non-hydrogen) atoms. The van der Waals surface area contributed by atoms with Crippen molar-refractivity contribution >= 4 is 15.9 Å². The largest absolute Gasteiger partial charge is 0.401 e. The monoisotopic (exact) mass is 329 g/mol. The maximum absolute atomic E-state index is 12.6. The van der Waals surface area contributed by atoms with Gasteiger partial charge in [0.25, 0.3) is 0 Å². The van der Waals surface area contributed by atoms with Gasteiger partial charge >= 0.3 is 6.18 Å². The van der Waals surface area contributed by atoms with Crippen LogP contribution in [0.5, 0.6) is 0 Å².